The molecule has 0 unspecified atom stereocenters. The Morgan fingerprint density at radius 2 is 1.65 bits per heavy atom. The Bertz CT molecular complexity index is 1100. The summed E-state index contributed by atoms with van der Waals surface area (Å²) in [6.45, 7) is 7.50. The third-order valence-corrected chi connectivity index (χ3v) is 6.65. The number of amides is 2. The van der Waals surface area contributed by atoms with Gasteiger partial charge in [0, 0.05) is 25.6 Å². The summed E-state index contributed by atoms with van der Waals surface area (Å²) in [7, 11) is -3.75. The number of hydrogen-bond acceptors (Lipinski definition) is 4. The molecule has 0 aliphatic heterocycles. The zero-order valence-electron chi connectivity index (χ0n) is 20.4. The fourth-order valence-corrected chi connectivity index (χ4v) is 4.56. The molecule has 0 saturated carbocycles. The molecule has 2 aromatic rings. The molecule has 1 atom stereocenters. The number of rotatable bonds is 11. The highest BCUT2D eigenvalue weighted by atomic mass is 32.2. The molecule has 0 heterocycles. The normalized spacial score (nSPS) is 12.3. The number of halogens is 1. The minimum Gasteiger partial charge on any atom is -0.352 e. The molecule has 0 aliphatic rings. The molecule has 34 heavy (non-hydrogen) atoms. The van der Waals surface area contributed by atoms with E-state index in [4.69, 9.17) is 0 Å². The standard InChI is InChI=1S/C25H34FN3O4S/c1-18(2)27-25(31)20(4)28(17-21-12-7-6-11-19(21)3)24(30)15-10-16-29(34(5,32)33)23-14-9-8-13-22(23)26/h6-9,11-14,18,20H,10,15-17H2,1-5H3,(H,27,31)/t20-/m0/s1. The van der Waals surface area contributed by atoms with Crippen LogP contribution in [0.4, 0.5) is 10.1 Å². The SMILES string of the molecule is Cc1ccccc1CN(C(=O)CCCN(c1ccccc1F)S(C)(=O)=O)[C@@H](C)C(=O)NC(C)C. The molecule has 2 aromatic carbocycles. The van der Waals surface area contributed by atoms with E-state index in [1.165, 1.54) is 23.1 Å². The minimum absolute atomic E-state index is 0.00561. The van der Waals surface area contributed by atoms with Gasteiger partial charge in [-0.3, -0.25) is 13.9 Å². The third-order valence-electron chi connectivity index (χ3n) is 5.47. The quantitative estimate of drug-likeness (QED) is 0.520. The van der Waals surface area contributed by atoms with E-state index in [2.05, 4.69) is 5.32 Å². The second-order valence-corrected chi connectivity index (χ2v) is 10.6. The molecule has 2 amide bonds. The third kappa shape index (κ3) is 7.55. The van der Waals surface area contributed by atoms with Crippen LogP contribution in [0.1, 0.15) is 44.7 Å². The first kappa shape index (κ1) is 27.3. The zero-order valence-corrected chi connectivity index (χ0v) is 21.2. The fraction of sp³-hybridized carbons (Fsp3) is 0.440. The topological polar surface area (TPSA) is 86.8 Å². The average molecular weight is 492 g/mol. The highest BCUT2D eigenvalue weighted by molar-refractivity contribution is 7.92. The summed E-state index contributed by atoms with van der Waals surface area (Å²) in [4.78, 5) is 27.4. The van der Waals surface area contributed by atoms with Crippen LogP contribution < -0.4 is 9.62 Å². The summed E-state index contributed by atoms with van der Waals surface area (Å²) in [5.74, 6) is -1.20. The molecule has 186 valence electrons. The first-order valence-corrected chi connectivity index (χ1v) is 13.1. The maximum absolute atomic E-state index is 14.2. The van der Waals surface area contributed by atoms with Crippen LogP contribution in [0, 0.1) is 12.7 Å². The lowest BCUT2D eigenvalue weighted by Gasteiger charge is -2.30. The number of para-hydroxylation sites is 1. The Morgan fingerprint density at radius 1 is 1.03 bits per heavy atom. The second-order valence-electron chi connectivity index (χ2n) is 8.68. The van der Waals surface area contributed by atoms with Gasteiger partial charge in [-0.05, 0) is 57.4 Å². The van der Waals surface area contributed by atoms with Crippen molar-refractivity contribution in [2.45, 2.75) is 59.2 Å². The summed E-state index contributed by atoms with van der Waals surface area (Å²) < 4.78 is 39.8. The molecule has 0 aliphatic carbocycles. The van der Waals surface area contributed by atoms with Crippen molar-refractivity contribution >= 4 is 27.5 Å². The van der Waals surface area contributed by atoms with Crippen LogP contribution in [0.3, 0.4) is 0 Å². The van der Waals surface area contributed by atoms with Crippen molar-refractivity contribution in [2.75, 3.05) is 17.1 Å². The Hall–Kier alpha value is -2.94. The Balaban J connectivity index is 2.19. The largest absolute Gasteiger partial charge is 0.352 e. The van der Waals surface area contributed by atoms with E-state index in [1.807, 2.05) is 45.0 Å². The summed E-state index contributed by atoms with van der Waals surface area (Å²) >= 11 is 0. The lowest BCUT2D eigenvalue weighted by molar-refractivity contribution is -0.140. The van der Waals surface area contributed by atoms with Crippen LogP contribution in [-0.2, 0) is 26.2 Å². The van der Waals surface area contributed by atoms with Crippen molar-refractivity contribution in [1.29, 1.82) is 0 Å². The van der Waals surface area contributed by atoms with Gasteiger partial charge in [0.2, 0.25) is 21.8 Å². The molecular weight excluding hydrogens is 457 g/mol. The number of benzene rings is 2. The number of carbonyl (C=O) groups is 2. The Morgan fingerprint density at radius 3 is 2.24 bits per heavy atom. The maximum Gasteiger partial charge on any atom is 0.242 e. The monoisotopic (exact) mass is 491 g/mol. The smallest absolute Gasteiger partial charge is 0.242 e. The van der Waals surface area contributed by atoms with E-state index in [1.54, 1.807) is 13.0 Å². The van der Waals surface area contributed by atoms with E-state index in [-0.39, 0.29) is 49.5 Å². The van der Waals surface area contributed by atoms with Gasteiger partial charge in [-0.1, -0.05) is 36.4 Å². The van der Waals surface area contributed by atoms with Crippen LogP contribution in [-0.4, -0.2) is 50.0 Å². The molecule has 0 spiro atoms. The van der Waals surface area contributed by atoms with Gasteiger partial charge in [-0.15, -0.1) is 0 Å². The number of hydrogen-bond donors (Lipinski definition) is 1. The van der Waals surface area contributed by atoms with Gasteiger partial charge in [0.05, 0.1) is 11.9 Å². The van der Waals surface area contributed by atoms with Gasteiger partial charge in [0.25, 0.3) is 0 Å². The number of anilines is 1. The highest BCUT2D eigenvalue weighted by Crippen LogP contribution is 2.22. The molecule has 9 heteroatoms. The predicted molar refractivity (Wildman–Crippen MR) is 132 cm³/mol. The zero-order chi connectivity index (χ0) is 25.5. The van der Waals surface area contributed by atoms with Gasteiger partial charge in [-0.25, -0.2) is 12.8 Å². The summed E-state index contributed by atoms with van der Waals surface area (Å²) in [6, 6.07) is 12.5. The Labute approximate surface area is 202 Å². The first-order chi connectivity index (χ1) is 15.9. The molecule has 0 radical (unpaired) electrons. The van der Waals surface area contributed by atoms with Crippen LogP contribution in [0.15, 0.2) is 48.5 Å². The number of nitrogens with zero attached hydrogens (tertiary/aromatic N) is 2. The number of sulfonamides is 1. The van der Waals surface area contributed by atoms with Gasteiger partial charge in [0.15, 0.2) is 0 Å². The lowest BCUT2D eigenvalue weighted by atomic mass is 10.1. The molecule has 0 saturated heterocycles. The van der Waals surface area contributed by atoms with Crippen molar-refractivity contribution in [3.63, 3.8) is 0 Å². The maximum atomic E-state index is 14.2. The summed E-state index contributed by atoms with van der Waals surface area (Å²) in [6.07, 6.45) is 1.18. The van der Waals surface area contributed by atoms with Crippen molar-refractivity contribution < 1.29 is 22.4 Å². The molecule has 1 N–H and O–H groups in total. The summed E-state index contributed by atoms with van der Waals surface area (Å²) in [5.41, 5.74) is 1.86. The van der Waals surface area contributed by atoms with E-state index in [0.717, 1.165) is 21.7 Å². The van der Waals surface area contributed by atoms with Crippen LogP contribution in [0.5, 0.6) is 0 Å². The molecule has 0 fully saturated rings. The number of carbonyl (C=O) groups excluding carboxylic acids is 2. The van der Waals surface area contributed by atoms with Gasteiger partial charge < -0.3 is 10.2 Å². The molecule has 0 bridgehead atoms. The Kier molecular flexibility index (Phi) is 9.61. The van der Waals surface area contributed by atoms with Crippen molar-refractivity contribution in [1.82, 2.24) is 10.2 Å². The minimum atomic E-state index is -3.75. The van der Waals surface area contributed by atoms with Crippen molar-refractivity contribution in [3.8, 4) is 0 Å². The van der Waals surface area contributed by atoms with E-state index in [9.17, 15) is 22.4 Å². The van der Waals surface area contributed by atoms with Crippen molar-refractivity contribution in [2.24, 2.45) is 0 Å². The highest BCUT2D eigenvalue weighted by Gasteiger charge is 2.27. The van der Waals surface area contributed by atoms with Crippen LogP contribution in [0.2, 0.25) is 0 Å². The van der Waals surface area contributed by atoms with E-state index >= 15 is 0 Å². The van der Waals surface area contributed by atoms with Gasteiger partial charge in [0.1, 0.15) is 11.9 Å². The first-order valence-electron chi connectivity index (χ1n) is 11.3. The van der Waals surface area contributed by atoms with E-state index in [0.29, 0.717) is 0 Å². The van der Waals surface area contributed by atoms with Crippen molar-refractivity contribution in [3.05, 3.63) is 65.5 Å². The van der Waals surface area contributed by atoms with Crippen LogP contribution in [0.25, 0.3) is 0 Å². The average Bonchev–Trinajstić information content (AvgIpc) is 2.75. The number of nitrogens with one attached hydrogen (secondary N) is 1. The van der Waals surface area contributed by atoms with Crippen LogP contribution >= 0.6 is 0 Å². The summed E-state index contributed by atoms with van der Waals surface area (Å²) in [5, 5.41) is 2.84. The predicted octanol–water partition coefficient (Wildman–Crippen LogP) is 3.62. The fourth-order valence-electron chi connectivity index (χ4n) is 3.60. The molecule has 7 nitrogen and oxygen atoms in total. The lowest BCUT2D eigenvalue weighted by Crippen LogP contribution is -2.49. The molecular formula is C25H34FN3O4S. The molecule has 0 aromatic heterocycles. The van der Waals surface area contributed by atoms with E-state index < -0.39 is 21.9 Å². The van der Waals surface area contributed by atoms with Gasteiger partial charge in [-0.2, -0.15) is 0 Å². The molecule has 2 rings (SSSR count). The van der Waals surface area contributed by atoms with Gasteiger partial charge >= 0.3 is 0 Å². The number of aryl methyl sites for hydroxylation is 1. The second kappa shape index (κ2) is 12.0.